The van der Waals surface area contributed by atoms with Crippen LogP contribution in [-0.2, 0) is 16.1 Å². The Labute approximate surface area is 133 Å². The second-order valence-corrected chi connectivity index (χ2v) is 5.62. The molecule has 118 valence electrons. The van der Waals surface area contributed by atoms with Gasteiger partial charge in [0.1, 0.15) is 11.6 Å². The molecule has 0 fully saturated rings. The van der Waals surface area contributed by atoms with Gasteiger partial charge in [-0.25, -0.2) is 4.39 Å². The van der Waals surface area contributed by atoms with Crippen molar-refractivity contribution < 1.29 is 18.3 Å². The Kier molecular flexibility index (Phi) is 6.48. The molecule has 1 aromatic heterocycles. The number of rotatable bonds is 8. The van der Waals surface area contributed by atoms with Crippen molar-refractivity contribution in [2.45, 2.75) is 11.4 Å². The summed E-state index contributed by atoms with van der Waals surface area (Å²) in [5.74, 6) is 0.488. The van der Waals surface area contributed by atoms with Crippen LogP contribution in [0, 0.1) is 5.82 Å². The van der Waals surface area contributed by atoms with Crippen molar-refractivity contribution in [3.8, 4) is 0 Å². The number of furan rings is 1. The lowest BCUT2D eigenvalue weighted by Crippen LogP contribution is -2.34. The maximum Gasteiger partial charge on any atom is 0.233 e. The van der Waals surface area contributed by atoms with Gasteiger partial charge < -0.3 is 14.1 Å². The van der Waals surface area contributed by atoms with Gasteiger partial charge in [-0.05, 0) is 24.3 Å². The summed E-state index contributed by atoms with van der Waals surface area (Å²) in [6, 6.07) is 10.0. The Morgan fingerprint density at radius 3 is 2.82 bits per heavy atom. The first kappa shape index (κ1) is 16.6. The molecule has 0 saturated heterocycles. The van der Waals surface area contributed by atoms with E-state index in [4.69, 9.17) is 9.15 Å². The third-order valence-electron chi connectivity index (χ3n) is 3.03. The zero-order chi connectivity index (χ0) is 15.8. The Hall–Kier alpha value is -1.79. The van der Waals surface area contributed by atoms with E-state index < -0.39 is 0 Å². The molecule has 2 rings (SSSR count). The fraction of sp³-hybridized carbons (Fsp3) is 0.312. The van der Waals surface area contributed by atoms with Gasteiger partial charge in [0.05, 0.1) is 25.2 Å². The minimum Gasteiger partial charge on any atom is -0.467 e. The van der Waals surface area contributed by atoms with Crippen molar-refractivity contribution in [3.05, 3.63) is 54.2 Å². The van der Waals surface area contributed by atoms with Crippen LogP contribution in [0.2, 0.25) is 0 Å². The van der Waals surface area contributed by atoms with E-state index in [0.29, 0.717) is 30.4 Å². The van der Waals surface area contributed by atoms with E-state index in [9.17, 15) is 9.18 Å². The highest BCUT2D eigenvalue weighted by atomic mass is 32.2. The SMILES string of the molecule is COCCN(Cc1ccco1)C(=O)CSc1ccccc1F. The van der Waals surface area contributed by atoms with Crippen LogP contribution < -0.4 is 0 Å². The highest BCUT2D eigenvalue weighted by Crippen LogP contribution is 2.21. The molecule has 0 atom stereocenters. The van der Waals surface area contributed by atoms with Crippen molar-refractivity contribution in [1.82, 2.24) is 4.90 Å². The summed E-state index contributed by atoms with van der Waals surface area (Å²) >= 11 is 1.19. The van der Waals surface area contributed by atoms with Crippen molar-refractivity contribution in [2.75, 3.05) is 26.0 Å². The molecular weight excluding hydrogens is 305 g/mol. The lowest BCUT2D eigenvalue weighted by atomic mass is 10.3. The Balaban J connectivity index is 1.94. The molecule has 0 saturated carbocycles. The first-order valence-electron chi connectivity index (χ1n) is 6.87. The van der Waals surface area contributed by atoms with E-state index in [1.165, 1.54) is 17.8 Å². The average molecular weight is 323 g/mol. The summed E-state index contributed by atoms with van der Waals surface area (Å²) < 4.78 is 23.9. The number of ether oxygens (including phenoxy) is 1. The predicted octanol–water partition coefficient (Wildman–Crippen LogP) is 3.19. The smallest absolute Gasteiger partial charge is 0.233 e. The largest absolute Gasteiger partial charge is 0.467 e. The third-order valence-corrected chi connectivity index (χ3v) is 4.07. The summed E-state index contributed by atoms with van der Waals surface area (Å²) in [4.78, 5) is 14.5. The van der Waals surface area contributed by atoms with Gasteiger partial charge in [0, 0.05) is 18.6 Å². The summed E-state index contributed by atoms with van der Waals surface area (Å²) in [5.41, 5.74) is 0. The van der Waals surface area contributed by atoms with Crippen LogP contribution in [0.25, 0.3) is 0 Å². The number of halogens is 1. The lowest BCUT2D eigenvalue weighted by molar-refractivity contribution is -0.129. The predicted molar refractivity (Wildman–Crippen MR) is 83.1 cm³/mol. The molecule has 0 radical (unpaired) electrons. The number of hydrogen-bond acceptors (Lipinski definition) is 4. The standard InChI is InChI=1S/C16H18FNO3S/c1-20-10-8-18(11-13-5-4-9-21-13)16(19)12-22-15-7-3-2-6-14(15)17/h2-7,9H,8,10-12H2,1H3. The van der Waals surface area contributed by atoms with Gasteiger partial charge in [-0.1, -0.05) is 12.1 Å². The number of hydrogen-bond donors (Lipinski definition) is 0. The van der Waals surface area contributed by atoms with Gasteiger partial charge in [0.25, 0.3) is 0 Å². The normalized spacial score (nSPS) is 10.6. The summed E-state index contributed by atoms with van der Waals surface area (Å²) in [5, 5.41) is 0. The quantitative estimate of drug-likeness (QED) is 0.700. The third kappa shape index (κ3) is 4.89. The van der Waals surface area contributed by atoms with E-state index in [1.54, 1.807) is 42.5 Å². The number of carbonyl (C=O) groups is 1. The van der Waals surface area contributed by atoms with Gasteiger partial charge in [0.15, 0.2) is 0 Å². The van der Waals surface area contributed by atoms with Crippen LogP contribution in [0.4, 0.5) is 4.39 Å². The van der Waals surface area contributed by atoms with E-state index in [0.717, 1.165) is 0 Å². The maximum absolute atomic E-state index is 13.6. The molecule has 6 heteroatoms. The summed E-state index contributed by atoms with van der Waals surface area (Å²) in [6.07, 6.45) is 1.57. The average Bonchev–Trinajstić information content (AvgIpc) is 3.03. The van der Waals surface area contributed by atoms with E-state index in [1.807, 2.05) is 6.07 Å². The number of nitrogens with zero attached hydrogens (tertiary/aromatic N) is 1. The van der Waals surface area contributed by atoms with Crippen molar-refractivity contribution in [3.63, 3.8) is 0 Å². The van der Waals surface area contributed by atoms with Gasteiger partial charge in [0.2, 0.25) is 5.91 Å². The van der Waals surface area contributed by atoms with Gasteiger partial charge in [-0.2, -0.15) is 0 Å². The number of thioether (sulfide) groups is 1. The summed E-state index contributed by atoms with van der Waals surface area (Å²) in [6.45, 7) is 1.29. The highest BCUT2D eigenvalue weighted by Gasteiger charge is 2.16. The second-order valence-electron chi connectivity index (χ2n) is 4.61. The molecule has 4 nitrogen and oxygen atoms in total. The molecule has 22 heavy (non-hydrogen) atoms. The molecule has 0 spiro atoms. The summed E-state index contributed by atoms with van der Waals surface area (Å²) in [7, 11) is 1.59. The zero-order valence-corrected chi connectivity index (χ0v) is 13.1. The van der Waals surface area contributed by atoms with Crippen LogP contribution in [0.3, 0.4) is 0 Å². The van der Waals surface area contributed by atoms with Crippen LogP contribution in [0.1, 0.15) is 5.76 Å². The molecule has 1 amide bonds. The van der Waals surface area contributed by atoms with Crippen LogP contribution in [-0.4, -0.2) is 36.8 Å². The van der Waals surface area contributed by atoms with E-state index >= 15 is 0 Å². The molecule has 0 aliphatic rings. The van der Waals surface area contributed by atoms with Crippen molar-refractivity contribution in [1.29, 1.82) is 0 Å². The maximum atomic E-state index is 13.6. The molecule has 0 N–H and O–H groups in total. The molecule has 0 bridgehead atoms. The number of carbonyl (C=O) groups excluding carboxylic acids is 1. The molecule has 0 aliphatic heterocycles. The first-order valence-corrected chi connectivity index (χ1v) is 7.85. The lowest BCUT2D eigenvalue weighted by Gasteiger charge is -2.21. The minimum absolute atomic E-state index is 0.0818. The Bertz CT molecular complexity index is 589. The Morgan fingerprint density at radius 2 is 2.14 bits per heavy atom. The van der Waals surface area contributed by atoms with Crippen LogP contribution in [0.5, 0.6) is 0 Å². The topological polar surface area (TPSA) is 42.7 Å². The van der Waals surface area contributed by atoms with Gasteiger partial charge in [-0.3, -0.25) is 4.79 Å². The van der Waals surface area contributed by atoms with Crippen molar-refractivity contribution >= 4 is 17.7 Å². The number of amides is 1. The first-order chi connectivity index (χ1) is 10.7. The molecule has 1 aromatic carbocycles. The van der Waals surface area contributed by atoms with Crippen molar-refractivity contribution in [2.24, 2.45) is 0 Å². The Morgan fingerprint density at radius 1 is 1.32 bits per heavy atom. The molecule has 1 heterocycles. The molecule has 0 aliphatic carbocycles. The highest BCUT2D eigenvalue weighted by molar-refractivity contribution is 8.00. The second kappa shape index (κ2) is 8.60. The fourth-order valence-electron chi connectivity index (χ4n) is 1.88. The number of benzene rings is 1. The molecule has 0 unspecified atom stereocenters. The van der Waals surface area contributed by atoms with Crippen LogP contribution >= 0.6 is 11.8 Å². The minimum atomic E-state index is -0.310. The van der Waals surface area contributed by atoms with E-state index in [2.05, 4.69) is 0 Å². The monoisotopic (exact) mass is 323 g/mol. The van der Waals surface area contributed by atoms with Crippen LogP contribution in [0.15, 0.2) is 52.0 Å². The molecule has 2 aromatic rings. The number of methoxy groups -OCH3 is 1. The zero-order valence-electron chi connectivity index (χ0n) is 12.3. The fourth-order valence-corrected chi connectivity index (χ4v) is 2.72. The van der Waals surface area contributed by atoms with E-state index in [-0.39, 0.29) is 17.5 Å². The molecular formula is C16H18FNO3S. The van der Waals surface area contributed by atoms with Gasteiger partial charge >= 0.3 is 0 Å². The van der Waals surface area contributed by atoms with Gasteiger partial charge in [-0.15, -0.1) is 11.8 Å².